The van der Waals surface area contributed by atoms with Crippen LogP contribution in [-0.4, -0.2) is 38.0 Å². The summed E-state index contributed by atoms with van der Waals surface area (Å²) in [6.07, 6.45) is 5.44. The van der Waals surface area contributed by atoms with Crippen molar-refractivity contribution >= 4 is 11.8 Å². The first kappa shape index (κ1) is 15.6. The molecule has 2 heterocycles. The predicted molar refractivity (Wildman–Crippen MR) is 94.6 cm³/mol. The van der Waals surface area contributed by atoms with E-state index in [0.717, 1.165) is 12.3 Å². The smallest absolute Gasteiger partial charge is 0.414 e. The summed E-state index contributed by atoms with van der Waals surface area (Å²) >= 11 is 0. The monoisotopic (exact) mass is 342 g/mol. The van der Waals surface area contributed by atoms with Crippen LogP contribution in [0.25, 0.3) is 0 Å². The Labute approximate surface area is 148 Å². The van der Waals surface area contributed by atoms with E-state index in [9.17, 15) is 4.79 Å². The van der Waals surface area contributed by atoms with Crippen LogP contribution in [0.2, 0.25) is 0 Å². The average Bonchev–Trinajstić information content (AvgIpc) is 3.19. The summed E-state index contributed by atoms with van der Waals surface area (Å²) in [5.74, 6) is 0.696. The van der Waals surface area contributed by atoms with Crippen LogP contribution >= 0.6 is 0 Å². The normalized spacial score (nSPS) is 33.6. The minimum Gasteiger partial charge on any atom is -0.447 e. The molecule has 2 saturated carbocycles. The third-order valence-electron chi connectivity index (χ3n) is 6.93. The molecule has 0 unspecified atom stereocenters. The SMILES string of the molecule is C[C@H](N[C@@H]1[C@@H]2CCO[C@H]2C12CCC2)c1ccc(N2CCOC2=O)cc1. The van der Waals surface area contributed by atoms with Crippen LogP contribution in [0.3, 0.4) is 0 Å². The molecule has 0 bridgehead atoms. The molecule has 5 rings (SSSR count). The van der Waals surface area contributed by atoms with Crippen molar-refractivity contribution in [3.05, 3.63) is 29.8 Å². The predicted octanol–water partition coefficient (Wildman–Crippen LogP) is 3.25. The Balaban J connectivity index is 1.28. The van der Waals surface area contributed by atoms with E-state index >= 15 is 0 Å². The third-order valence-corrected chi connectivity index (χ3v) is 6.93. The number of rotatable bonds is 4. The minimum absolute atomic E-state index is 0.243. The molecule has 1 aromatic rings. The van der Waals surface area contributed by atoms with Gasteiger partial charge in [0, 0.05) is 35.7 Å². The van der Waals surface area contributed by atoms with Gasteiger partial charge in [-0.05, 0) is 43.9 Å². The molecule has 25 heavy (non-hydrogen) atoms. The Morgan fingerprint density at radius 2 is 2.04 bits per heavy atom. The number of nitrogens with one attached hydrogen (secondary N) is 1. The van der Waals surface area contributed by atoms with E-state index in [4.69, 9.17) is 9.47 Å². The van der Waals surface area contributed by atoms with Crippen LogP contribution in [-0.2, 0) is 9.47 Å². The first-order chi connectivity index (χ1) is 12.2. The maximum atomic E-state index is 11.7. The molecule has 4 atom stereocenters. The Kier molecular flexibility index (Phi) is 3.57. The molecule has 1 amide bonds. The maximum absolute atomic E-state index is 11.7. The van der Waals surface area contributed by atoms with Gasteiger partial charge in [-0.1, -0.05) is 18.6 Å². The highest BCUT2D eigenvalue weighted by molar-refractivity contribution is 5.89. The molecular weight excluding hydrogens is 316 g/mol. The first-order valence-electron chi connectivity index (χ1n) is 9.61. The lowest BCUT2D eigenvalue weighted by Gasteiger charge is -2.64. The van der Waals surface area contributed by atoms with Gasteiger partial charge in [-0.3, -0.25) is 4.90 Å². The highest BCUT2D eigenvalue weighted by Gasteiger charge is 2.66. The van der Waals surface area contributed by atoms with E-state index < -0.39 is 0 Å². The molecular formula is C20H26N2O3. The zero-order chi connectivity index (χ0) is 17.0. The highest BCUT2D eigenvalue weighted by Crippen LogP contribution is 2.63. The molecule has 2 saturated heterocycles. The van der Waals surface area contributed by atoms with E-state index in [0.29, 0.717) is 42.7 Å². The molecule has 1 aromatic carbocycles. The summed E-state index contributed by atoms with van der Waals surface area (Å²) in [6, 6.07) is 9.23. The number of carbonyl (C=O) groups is 1. The van der Waals surface area contributed by atoms with Crippen molar-refractivity contribution < 1.29 is 14.3 Å². The number of benzene rings is 1. The molecule has 2 aliphatic carbocycles. The molecule has 4 aliphatic rings. The number of carbonyl (C=O) groups excluding carboxylic acids is 1. The third kappa shape index (κ3) is 2.25. The van der Waals surface area contributed by atoms with Gasteiger partial charge in [0.1, 0.15) is 6.61 Å². The van der Waals surface area contributed by atoms with Gasteiger partial charge in [0.15, 0.2) is 0 Å². The molecule has 5 heteroatoms. The summed E-state index contributed by atoms with van der Waals surface area (Å²) in [4.78, 5) is 13.4. The van der Waals surface area contributed by atoms with Crippen LogP contribution in [0.15, 0.2) is 24.3 Å². The van der Waals surface area contributed by atoms with E-state index in [1.807, 2.05) is 12.1 Å². The quantitative estimate of drug-likeness (QED) is 0.912. The number of amides is 1. The first-order valence-corrected chi connectivity index (χ1v) is 9.61. The highest BCUT2D eigenvalue weighted by atomic mass is 16.6. The standard InChI is InChI=1S/C20H26N2O3/c1-13(14-3-5-15(6-4-14)22-10-12-25-19(22)23)21-17-16-7-11-24-18(16)20(17)8-2-9-20/h3-6,13,16-18,21H,2,7-12H2,1H3/t13-,16-,17+,18+/m0/s1. The molecule has 1 spiro atoms. The van der Waals surface area contributed by atoms with Gasteiger partial charge in [0.2, 0.25) is 0 Å². The van der Waals surface area contributed by atoms with E-state index in [2.05, 4.69) is 24.4 Å². The molecule has 5 nitrogen and oxygen atoms in total. The van der Waals surface area contributed by atoms with Crippen LogP contribution in [0.1, 0.15) is 44.2 Å². The van der Waals surface area contributed by atoms with E-state index in [1.165, 1.54) is 31.2 Å². The molecule has 0 radical (unpaired) electrons. The number of hydrogen-bond donors (Lipinski definition) is 1. The van der Waals surface area contributed by atoms with E-state index in [1.54, 1.807) is 4.90 Å². The summed E-state index contributed by atoms with van der Waals surface area (Å²) in [7, 11) is 0. The van der Waals surface area contributed by atoms with Crippen molar-refractivity contribution in [2.24, 2.45) is 11.3 Å². The second kappa shape index (κ2) is 5.71. The van der Waals surface area contributed by atoms with Crippen molar-refractivity contribution in [3.63, 3.8) is 0 Å². The number of anilines is 1. The zero-order valence-electron chi connectivity index (χ0n) is 14.7. The van der Waals surface area contributed by atoms with Crippen molar-refractivity contribution in [3.8, 4) is 0 Å². The lowest BCUT2D eigenvalue weighted by molar-refractivity contribution is -0.178. The second-order valence-electron chi connectivity index (χ2n) is 8.05. The van der Waals surface area contributed by atoms with Crippen LogP contribution in [0.5, 0.6) is 0 Å². The fourth-order valence-corrected chi connectivity index (χ4v) is 5.43. The van der Waals surface area contributed by atoms with Gasteiger partial charge in [-0.15, -0.1) is 0 Å². The topological polar surface area (TPSA) is 50.8 Å². The fourth-order valence-electron chi connectivity index (χ4n) is 5.43. The zero-order valence-corrected chi connectivity index (χ0v) is 14.7. The largest absolute Gasteiger partial charge is 0.447 e. The summed E-state index contributed by atoms with van der Waals surface area (Å²) < 4.78 is 11.0. The van der Waals surface area contributed by atoms with Crippen molar-refractivity contribution in [1.29, 1.82) is 0 Å². The fraction of sp³-hybridized carbons (Fsp3) is 0.650. The van der Waals surface area contributed by atoms with Crippen molar-refractivity contribution in [2.75, 3.05) is 24.7 Å². The average molecular weight is 342 g/mol. The number of fused-ring (bicyclic) bond motifs is 2. The maximum Gasteiger partial charge on any atom is 0.414 e. The van der Waals surface area contributed by atoms with Crippen molar-refractivity contribution in [2.45, 2.75) is 50.8 Å². The number of nitrogens with zero attached hydrogens (tertiary/aromatic N) is 1. The van der Waals surface area contributed by atoms with Gasteiger partial charge < -0.3 is 14.8 Å². The summed E-state index contributed by atoms with van der Waals surface area (Å²) in [6.45, 7) is 4.30. The minimum atomic E-state index is -0.243. The van der Waals surface area contributed by atoms with Gasteiger partial charge in [0.25, 0.3) is 0 Å². The second-order valence-corrected chi connectivity index (χ2v) is 8.05. The number of hydrogen-bond acceptors (Lipinski definition) is 4. The molecule has 2 aliphatic heterocycles. The number of cyclic esters (lactones) is 1. The van der Waals surface area contributed by atoms with Crippen LogP contribution in [0, 0.1) is 11.3 Å². The molecule has 1 N–H and O–H groups in total. The number of ether oxygens (including phenoxy) is 2. The van der Waals surface area contributed by atoms with E-state index in [-0.39, 0.29) is 6.09 Å². The molecule has 0 aromatic heterocycles. The Bertz CT molecular complexity index is 670. The molecule has 134 valence electrons. The Hall–Kier alpha value is -1.59. The van der Waals surface area contributed by atoms with Crippen LogP contribution in [0.4, 0.5) is 10.5 Å². The molecule has 4 fully saturated rings. The van der Waals surface area contributed by atoms with Crippen LogP contribution < -0.4 is 10.2 Å². The summed E-state index contributed by atoms with van der Waals surface area (Å²) in [5.41, 5.74) is 2.60. The lowest BCUT2D eigenvalue weighted by Crippen LogP contribution is -2.71. The lowest BCUT2D eigenvalue weighted by atomic mass is 9.46. The summed E-state index contributed by atoms with van der Waals surface area (Å²) in [5, 5.41) is 3.91. The Morgan fingerprint density at radius 3 is 2.68 bits per heavy atom. The van der Waals surface area contributed by atoms with Crippen molar-refractivity contribution in [1.82, 2.24) is 5.32 Å². The van der Waals surface area contributed by atoms with Gasteiger partial charge in [-0.25, -0.2) is 4.79 Å². The van der Waals surface area contributed by atoms with Gasteiger partial charge in [-0.2, -0.15) is 0 Å². The Morgan fingerprint density at radius 1 is 1.24 bits per heavy atom. The van der Waals surface area contributed by atoms with Gasteiger partial charge >= 0.3 is 6.09 Å². The van der Waals surface area contributed by atoms with Gasteiger partial charge in [0.05, 0.1) is 12.6 Å².